The molecule has 1 N–H and O–H groups in total. The van der Waals surface area contributed by atoms with E-state index in [1.54, 1.807) is 12.1 Å². The zero-order chi connectivity index (χ0) is 17.6. The van der Waals surface area contributed by atoms with Crippen molar-refractivity contribution in [2.24, 2.45) is 0 Å². The minimum Gasteiger partial charge on any atom is -0.324 e. The highest BCUT2D eigenvalue weighted by molar-refractivity contribution is 7.85. The number of piperidine rings is 1. The number of benzene rings is 1. The van der Waals surface area contributed by atoms with Gasteiger partial charge in [0.2, 0.25) is 0 Å². The molecule has 5 heteroatoms. The third-order valence-electron chi connectivity index (χ3n) is 5.61. The summed E-state index contributed by atoms with van der Waals surface area (Å²) >= 11 is 0. The summed E-state index contributed by atoms with van der Waals surface area (Å²) in [5.74, 6) is 0. The quantitative estimate of drug-likeness (QED) is 0.640. The summed E-state index contributed by atoms with van der Waals surface area (Å²) in [7, 11) is -1.51. The number of quaternary nitrogens is 1. The van der Waals surface area contributed by atoms with Crippen LogP contribution in [0, 0.1) is 6.92 Å². The smallest absolute Gasteiger partial charge is 0.294 e. The Morgan fingerprint density at radius 3 is 1.92 bits per heavy atom. The lowest BCUT2D eigenvalue weighted by atomic mass is 9.91. The van der Waals surface area contributed by atoms with Crippen LogP contribution >= 0.6 is 0 Å². The number of hydrogen-bond donors (Lipinski definition) is 1. The first kappa shape index (κ1) is 19.4. The van der Waals surface area contributed by atoms with Crippen LogP contribution in [0.25, 0.3) is 0 Å². The highest BCUT2D eigenvalue weighted by Gasteiger charge is 2.34. The first-order chi connectivity index (χ1) is 11.3. The summed E-state index contributed by atoms with van der Waals surface area (Å²) in [5.41, 5.74) is 0.956. The number of nitrogens with zero attached hydrogens (tertiary/aromatic N) is 1. The Balaban J connectivity index is 0.000000177. The fourth-order valence-corrected chi connectivity index (χ4v) is 4.49. The van der Waals surface area contributed by atoms with Crippen molar-refractivity contribution in [3.8, 4) is 0 Å². The maximum Gasteiger partial charge on any atom is 0.294 e. The van der Waals surface area contributed by atoms with Crippen molar-refractivity contribution in [3.05, 3.63) is 29.8 Å². The fraction of sp³-hybridized carbons (Fsp3) is 0.684. The molecular weight excluding hydrogens is 322 g/mol. The van der Waals surface area contributed by atoms with Crippen LogP contribution < -0.4 is 0 Å². The first-order valence-corrected chi connectivity index (χ1v) is 10.6. The average Bonchev–Trinajstić information content (AvgIpc) is 2.57. The normalized spacial score (nSPS) is 21.6. The lowest BCUT2D eigenvalue weighted by Gasteiger charge is -2.45. The molecule has 4 nitrogen and oxygen atoms in total. The molecule has 0 bridgehead atoms. The summed E-state index contributed by atoms with van der Waals surface area (Å²) in [4.78, 5) is -0.0666. The van der Waals surface area contributed by atoms with Crippen molar-refractivity contribution in [1.82, 2.24) is 0 Å². The van der Waals surface area contributed by atoms with Crippen molar-refractivity contribution in [2.75, 3.05) is 20.1 Å². The largest absolute Gasteiger partial charge is 0.324 e. The Labute approximate surface area is 147 Å². The molecule has 2 aliphatic rings. The van der Waals surface area contributed by atoms with Gasteiger partial charge in [0.25, 0.3) is 10.1 Å². The topological polar surface area (TPSA) is 54.4 Å². The van der Waals surface area contributed by atoms with Crippen LogP contribution in [0.2, 0.25) is 0 Å². The van der Waals surface area contributed by atoms with Crippen molar-refractivity contribution < 1.29 is 17.5 Å². The number of hydrogen-bond acceptors (Lipinski definition) is 2. The van der Waals surface area contributed by atoms with E-state index in [9.17, 15) is 8.42 Å². The second kappa shape index (κ2) is 8.45. The van der Waals surface area contributed by atoms with E-state index in [0.29, 0.717) is 0 Å². The third-order valence-corrected chi connectivity index (χ3v) is 6.48. The predicted octanol–water partition coefficient (Wildman–Crippen LogP) is 4.19. The van der Waals surface area contributed by atoms with Gasteiger partial charge in [-0.3, -0.25) is 4.55 Å². The predicted molar refractivity (Wildman–Crippen MR) is 97.6 cm³/mol. The van der Waals surface area contributed by atoms with E-state index in [4.69, 9.17) is 4.55 Å². The lowest BCUT2D eigenvalue weighted by Crippen LogP contribution is -2.55. The van der Waals surface area contributed by atoms with Gasteiger partial charge >= 0.3 is 0 Å². The van der Waals surface area contributed by atoms with E-state index >= 15 is 0 Å². The molecule has 24 heavy (non-hydrogen) atoms. The standard InChI is InChI=1S/C12H24N.C7H8O3S/c1-13(10-6-3-7-11-13)12-8-4-2-5-9-12;1-6-2-4-7(5-3-6)11(8,9)10/h12H,2-11H2,1H3;2-5H,1H3,(H,8,9,10)/q+1;. The van der Waals surface area contributed by atoms with Gasteiger partial charge < -0.3 is 4.48 Å². The molecule has 2 fully saturated rings. The second-order valence-electron chi connectivity index (χ2n) is 7.57. The van der Waals surface area contributed by atoms with Gasteiger partial charge in [0.15, 0.2) is 0 Å². The Morgan fingerprint density at radius 2 is 1.42 bits per heavy atom. The number of likely N-dealkylation sites (tertiary alicyclic amines) is 1. The summed E-state index contributed by atoms with van der Waals surface area (Å²) in [5, 5.41) is 0. The van der Waals surface area contributed by atoms with Crippen molar-refractivity contribution in [3.63, 3.8) is 0 Å². The van der Waals surface area contributed by atoms with Crippen LogP contribution in [0.15, 0.2) is 29.2 Å². The van der Waals surface area contributed by atoms with E-state index in [1.807, 2.05) is 6.92 Å². The summed E-state index contributed by atoms with van der Waals surface area (Å²) in [6, 6.07) is 7.01. The van der Waals surface area contributed by atoms with Gasteiger partial charge in [-0.2, -0.15) is 8.42 Å². The van der Waals surface area contributed by atoms with Gasteiger partial charge in [-0.15, -0.1) is 0 Å². The minimum atomic E-state index is -4.02. The van der Waals surface area contributed by atoms with E-state index in [2.05, 4.69) is 7.05 Å². The van der Waals surface area contributed by atoms with Gasteiger partial charge in [0.05, 0.1) is 31.1 Å². The molecule has 0 amide bonds. The van der Waals surface area contributed by atoms with Crippen LogP contribution in [0.3, 0.4) is 0 Å². The van der Waals surface area contributed by atoms with Gasteiger partial charge in [0.1, 0.15) is 0 Å². The lowest BCUT2D eigenvalue weighted by molar-refractivity contribution is -0.938. The van der Waals surface area contributed by atoms with Crippen molar-refractivity contribution in [1.29, 1.82) is 0 Å². The molecular formula is C19H32NO3S+. The average molecular weight is 355 g/mol. The SMILES string of the molecule is C[N+]1(C2CCCCC2)CCCCC1.Cc1ccc(S(=O)(=O)O)cc1. The molecule has 0 atom stereocenters. The molecule has 0 radical (unpaired) electrons. The zero-order valence-electron chi connectivity index (χ0n) is 15.1. The maximum atomic E-state index is 10.5. The van der Waals surface area contributed by atoms with E-state index < -0.39 is 10.1 Å². The van der Waals surface area contributed by atoms with Gasteiger partial charge in [-0.05, 0) is 64.0 Å². The fourth-order valence-electron chi connectivity index (χ4n) is 4.01. The molecule has 3 rings (SSSR count). The summed E-state index contributed by atoms with van der Waals surface area (Å²) in [6.45, 7) is 4.77. The van der Waals surface area contributed by atoms with Gasteiger partial charge in [0, 0.05) is 0 Å². The van der Waals surface area contributed by atoms with Crippen LogP contribution in [0.5, 0.6) is 0 Å². The van der Waals surface area contributed by atoms with Crippen LogP contribution in [-0.2, 0) is 10.1 Å². The highest BCUT2D eigenvalue weighted by Crippen LogP contribution is 2.30. The molecule has 1 aliphatic carbocycles. The van der Waals surface area contributed by atoms with Crippen molar-refractivity contribution in [2.45, 2.75) is 69.2 Å². The minimum absolute atomic E-state index is 0.0666. The first-order valence-electron chi connectivity index (χ1n) is 9.20. The molecule has 0 aromatic heterocycles. The van der Waals surface area contributed by atoms with E-state index in [1.165, 1.54) is 81.1 Å². The Hall–Kier alpha value is -0.910. The molecule has 1 saturated carbocycles. The Kier molecular flexibility index (Phi) is 6.84. The zero-order valence-corrected chi connectivity index (χ0v) is 15.9. The Morgan fingerprint density at radius 1 is 0.917 bits per heavy atom. The Bertz CT molecular complexity index is 598. The number of rotatable bonds is 2. The molecule has 0 unspecified atom stereocenters. The molecule has 1 heterocycles. The monoisotopic (exact) mass is 354 g/mol. The highest BCUT2D eigenvalue weighted by atomic mass is 32.2. The van der Waals surface area contributed by atoms with Crippen LogP contribution in [0.1, 0.15) is 56.9 Å². The molecule has 1 aliphatic heterocycles. The summed E-state index contributed by atoms with van der Waals surface area (Å²) < 4.78 is 31.0. The van der Waals surface area contributed by atoms with Crippen molar-refractivity contribution >= 4 is 10.1 Å². The molecule has 0 spiro atoms. The van der Waals surface area contributed by atoms with Gasteiger partial charge in [-0.1, -0.05) is 24.1 Å². The molecule has 1 aromatic carbocycles. The molecule has 1 saturated heterocycles. The van der Waals surface area contributed by atoms with E-state index in [0.717, 1.165) is 11.6 Å². The van der Waals surface area contributed by atoms with Crippen LogP contribution in [-0.4, -0.2) is 43.6 Å². The molecule has 1 aromatic rings. The third kappa shape index (κ3) is 5.57. The van der Waals surface area contributed by atoms with Gasteiger partial charge in [-0.25, -0.2) is 0 Å². The molecule has 136 valence electrons. The van der Waals surface area contributed by atoms with E-state index in [-0.39, 0.29) is 4.90 Å². The number of aryl methyl sites for hydroxylation is 1. The van der Waals surface area contributed by atoms with Crippen LogP contribution in [0.4, 0.5) is 0 Å². The second-order valence-corrected chi connectivity index (χ2v) is 8.99. The summed E-state index contributed by atoms with van der Waals surface area (Å²) in [6.07, 6.45) is 12.0. The maximum absolute atomic E-state index is 10.5.